The Hall–Kier alpha value is -1.06. The molecule has 1 aliphatic rings. The second kappa shape index (κ2) is 8.28. The Balaban J connectivity index is 2.35. The number of hydrogen-bond acceptors (Lipinski definition) is 2. The molecule has 0 aromatic rings. The third-order valence-electron chi connectivity index (χ3n) is 4.74. The Morgan fingerprint density at radius 3 is 2.30 bits per heavy atom. The topological polar surface area (TPSA) is 66.4 Å². The first-order chi connectivity index (χ1) is 9.51. The van der Waals surface area contributed by atoms with E-state index < -0.39 is 11.5 Å². The third kappa shape index (κ3) is 5.51. The van der Waals surface area contributed by atoms with Crippen molar-refractivity contribution < 1.29 is 14.7 Å². The Labute approximate surface area is 122 Å². The van der Waals surface area contributed by atoms with Crippen LogP contribution in [0.3, 0.4) is 0 Å². The summed E-state index contributed by atoms with van der Waals surface area (Å²) in [5, 5.41) is 12.0. The quantitative estimate of drug-likeness (QED) is 0.680. The van der Waals surface area contributed by atoms with E-state index in [0.717, 1.165) is 18.8 Å². The van der Waals surface area contributed by atoms with Gasteiger partial charge in [-0.1, -0.05) is 39.5 Å². The van der Waals surface area contributed by atoms with Crippen molar-refractivity contribution in [1.29, 1.82) is 0 Å². The van der Waals surface area contributed by atoms with Gasteiger partial charge < -0.3 is 10.4 Å². The molecule has 1 rings (SSSR count). The highest BCUT2D eigenvalue weighted by atomic mass is 16.4. The van der Waals surface area contributed by atoms with Crippen LogP contribution in [0.25, 0.3) is 0 Å². The molecule has 4 nitrogen and oxygen atoms in total. The van der Waals surface area contributed by atoms with E-state index in [-0.39, 0.29) is 12.3 Å². The Morgan fingerprint density at radius 1 is 1.20 bits per heavy atom. The maximum atomic E-state index is 12.0. The fourth-order valence-corrected chi connectivity index (χ4v) is 3.22. The first-order valence-electron chi connectivity index (χ1n) is 8.04. The second-order valence-electron chi connectivity index (χ2n) is 6.15. The highest BCUT2D eigenvalue weighted by molar-refractivity contribution is 5.78. The minimum Gasteiger partial charge on any atom is -0.481 e. The van der Waals surface area contributed by atoms with Gasteiger partial charge in [0.1, 0.15) is 0 Å². The van der Waals surface area contributed by atoms with Gasteiger partial charge in [0, 0.05) is 12.0 Å². The van der Waals surface area contributed by atoms with Gasteiger partial charge in [0.25, 0.3) is 0 Å². The van der Waals surface area contributed by atoms with Gasteiger partial charge in [-0.3, -0.25) is 9.59 Å². The molecule has 0 bridgehead atoms. The zero-order valence-electron chi connectivity index (χ0n) is 12.9. The van der Waals surface area contributed by atoms with E-state index in [2.05, 4.69) is 5.32 Å². The summed E-state index contributed by atoms with van der Waals surface area (Å²) in [6, 6.07) is 0. The number of carboxylic acids is 1. The molecule has 0 radical (unpaired) electrons. The van der Waals surface area contributed by atoms with Crippen LogP contribution in [-0.2, 0) is 9.59 Å². The van der Waals surface area contributed by atoms with Crippen molar-refractivity contribution in [3.8, 4) is 0 Å². The van der Waals surface area contributed by atoms with E-state index in [1.54, 1.807) is 0 Å². The summed E-state index contributed by atoms with van der Waals surface area (Å²) in [5.41, 5.74) is -0.573. The van der Waals surface area contributed by atoms with Gasteiger partial charge in [-0.05, 0) is 31.6 Å². The molecule has 4 heteroatoms. The van der Waals surface area contributed by atoms with Gasteiger partial charge in [-0.15, -0.1) is 0 Å². The summed E-state index contributed by atoms with van der Waals surface area (Å²) in [6.45, 7) is 3.87. The number of amides is 1. The highest BCUT2D eigenvalue weighted by Crippen LogP contribution is 2.29. The molecule has 0 aromatic carbocycles. The molecule has 0 heterocycles. The lowest BCUT2D eigenvalue weighted by Crippen LogP contribution is -2.49. The van der Waals surface area contributed by atoms with Crippen molar-refractivity contribution in [3.63, 3.8) is 0 Å². The molecule has 0 unspecified atom stereocenters. The molecule has 1 amide bonds. The zero-order valence-corrected chi connectivity index (χ0v) is 12.9. The van der Waals surface area contributed by atoms with Crippen molar-refractivity contribution in [2.24, 2.45) is 5.92 Å². The standard InChI is InChI=1S/C16H29NO3/c1-3-16(4-2,12-15(19)20)17-14(18)11-7-10-13-8-5-6-9-13/h13H,3-12H2,1-2H3,(H,17,18)(H,19,20). The van der Waals surface area contributed by atoms with Gasteiger partial charge in [0.15, 0.2) is 0 Å². The Bertz CT molecular complexity index is 318. The fraction of sp³-hybridized carbons (Fsp3) is 0.875. The van der Waals surface area contributed by atoms with Gasteiger partial charge in [0.2, 0.25) is 5.91 Å². The monoisotopic (exact) mass is 283 g/mol. The smallest absolute Gasteiger partial charge is 0.305 e. The van der Waals surface area contributed by atoms with Crippen LogP contribution < -0.4 is 5.32 Å². The largest absolute Gasteiger partial charge is 0.481 e. The molecule has 0 aliphatic heterocycles. The van der Waals surface area contributed by atoms with Crippen LogP contribution in [0.2, 0.25) is 0 Å². The molecule has 20 heavy (non-hydrogen) atoms. The average Bonchev–Trinajstić information content (AvgIpc) is 2.90. The number of carbonyl (C=O) groups is 2. The van der Waals surface area contributed by atoms with Crippen LogP contribution >= 0.6 is 0 Å². The molecule has 0 spiro atoms. The lowest BCUT2D eigenvalue weighted by molar-refractivity contribution is -0.139. The summed E-state index contributed by atoms with van der Waals surface area (Å²) >= 11 is 0. The molecule has 2 N–H and O–H groups in total. The maximum absolute atomic E-state index is 12.0. The van der Waals surface area contributed by atoms with Crippen molar-refractivity contribution in [1.82, 2.24) is 5.32 Å². The third-order valence-corrected chi connectivity index (χ3v) is 4.74. The van der Waals surface area contributed by atoms with Crippen molar-refractivity contribution in [3.05, 3.63) is 0 Å². The minimum absolute atomic E-state index is 0.00736. The molecule has 116 valence electrons. The van der Waals surface area contributed by atoms with E-state index in [9.17, 15) is 9.59 Å². The first-order valence-corrected chi connectivity index (χ1v) is 8.04. The van der Waals surface area contributed by atoms with Crippen molar-refractivity contribution in [2.45, 2.75) is 83.6 Å². The van der Waals surface area contributed by atoms with E-state index in [1.165, 1.54) is 25.7 Å². The molecular weight excluding hydrogens is 254 g/mol. The molecule has 0 aromatic heterocycles. The first kappa shape index (κ1) is 17.0. The lowest BCUT2D eigenvalue weighted by Gasteiger charge is -2.31. The van der Waals surface area contributed by atoms with Crippen LogP contribution in [0.5, 0.6) is 0 Å². The summed E-state index contributed by atoms with van der Waals surface area (Å²) in [6.07, 6.45) is 9.21. The van der Waals surface area contributed by atoms with Crippen molar-refractivity contribution in [2.75, 3.05) is 0 Å². The van der Waals surface area contributed by atoms with E-state index in [4.69, 9.17) is 5.11 Å². The number of aliphatic carboxylic acids is 1. The molecular formula is C16H29NO3. The van der Waals surface area contributed by atoms with Crippen LogP contribution in [0.15, 0.2) is 0 Å². The van der Waals surface area contributed by atoms with Gasteiger partial charge in [-0.2, -0.15) is 0 Å². The Morgan fingerprint density at radius 2 is 1.80 bits per heavy atom. The second-order valence-corrected chi connectivity index (χ2v) is 6.15. The van der Waals surface area contributed by atoms with E-state index >= 15 is 0 Å². The number of carbonyl (C=O) groups excluding carboxylic acids is 1. The maximum Gasteiger partial charge on any atom is 0.305 e. The SMILES string of the molecule is CCC(CC)(CC(=O)O)NC(=O)CCCC1CCCC1. The molecule has 1 fully saturated rings. The molecule has 0 atom stereocenters. The van der Waals surface area contributed by atoms with Gasteiger partial charge in [0.05, 0.1) is 6.42 Å². The Kier molecular flexibility index (Phi) is 7.03. The van der Waals surface area contributed by atoms with Crippen LogP contribution in [0.1, 0.15) is 78.1 Å². The highest BCUT2D eigenvalue weighted by Gasteiger charge is 2.30. The van der Waals surface area contributed by atoms with Crippen LogP contribution in [0, 0.1) is 5.92 Å². The van der Waals surface area contributed by atoms with Gasteiger partial charge >= 0.3 is 5.97 Å². The summed E-state index contributed by atoms with van der Waals surface area (Å²) in [5.74, 6) is -0.0307. The van der Waals surface area contributed by atoms with Crippen LogP contribution in [-0.4, -0.2) is 22.5 Å². The summed E-state index contributed by atoms with van der Waals surface area (Å²) < 4.78 is 0. The summed E-state index contributed by atoms with van der Waals surface area (Å²) in [4.78, 5) is 23.0. The number of rotatable bonds is 9. The molecule has 1 saturated carbocycles. The van der Waals surface area contributed by atoms with E-state index in [1.807, 2.05) is 13.8 Å². The summed E-state index contributed by atoms with van der Waals surface area (Å²) in [7, 11) is 0. The predicted octanol–water partition coefficient (Wildman–Crippen LogP) is 3.50. The zero-order chi connectivity index (χ0) is 15.0. The molecule has 0 saturated heterocycles. The average molecular weight is 283 g/mol. The lowest BCUT2D eigenvalue weighted by atomic mass is 9.88. The normalized spacial score (nSPS) is 16.3. The van der Waals surface area contributed by atoms with Crippen molar-refractivity contribution >= 4 is 11.9 Å². The number of carboxylic acid groups (broad SMARTS) is 1. The number of nitrogens with one attached hydrogen (secondary N) is 1. The predicted molar refractivity (Wildman–Crippen MR) is 79.5 cm³/mol. The minimum atomic E-state index is -0.847. The van der Waals surface area contributed by atoms with E-state index in [0.29, 0.717) is 19.3 Å². The molecule has 1 aliphatic carbocycles. The van der Waals surface area contributed by atoms with Crippen LogP contribution in [0.4, 0.5) is 0 Å². The number of hydrogen-bond donors (Lipinski definition) is 2. The fourth-order valence-electron chi connectivity index (χ4n) is 3.22. The van der Waals surface area contributed by atoms with Gasteiger partial charge in [-0.25, -0.2) is 0 Å².